The zero-order valence-corrected chi connectivity index (χ0v) is 14.1. The predicted molar refractivity (Wildman–Crippen MR) is 90.3 cm³/mol. The molecule has 0 unspecified atom stereocenters. The van der Waals surface area contributed by atoms with Crippen molar-refractivity contribution >= 4 is 11.9 Å². The van der Waals surface area contributed by atoms with E-state index < -0.39 is 5.60 Å². The number of fused-ring (bicyclic) bond motifs is 1. The lowest BCUT2D eigenvalue weighted by molar-refractivity contribution is -0.153. The van der Waals surface area contributed by atoms with Gasteiger partial charge >= 0.3 is 5.97 Å². The van der Waals surface area contributed by atoms with Gasteiger partial charge in [-0.15, -0.1) is 0 Å². The number of hydrogen-bond acceptors (Lipinski definition) is 3. The zero-order valence-electron chi connectivity index (χ0n) is 14.1. The molecule has 3 aliphatic rings. The summed E-state index contributed by atoms with van der Waals surface area (Å²) in [6.07, 6.45) is 8.30. The molecule has 4 nitrogen and oxygen atoms in total. The Kier molecular flexibility index (Phi) is 4.07. The Balaban J connectivity index is 1.53. The molecule has 0 aromatic heterocycles. The average molecular weight is 327 g/mol. The van der Waals surface area contributed by atoms with Crippen molar-refractivity contribution in [2.45, 2.75) is 69.4 Å². The molecular weight excluding hydrogens is 302 g/mol. The smallest absolute Gasteiger partial charge is 0.307 e. The molecule has 0 bridgehead atoms. The van der Waals surface area contributed by atoms with Gasteiger partial charge in [-0.1, -0.05) is 30.7 Å². The van der Waals surface area contributed by atoms with E-state index in [1.807, 2.05) is 6.07 Å². The third-order valence-corrected chi connectivity index (χ3v) is 6.03. The van der Waals surface area contributed by atoms with E-state index in [1.54, 1.807) is 0 Å². The van der Waals surface area contributed by atoms with Gasteiger partial charge in [-0.05, 0) is 56.1 Å². The second-order valence-corrected chi connectivity index (χ2v) is 7.51. The van der Waals surface area contributed by atoms with Gasteiger partial charge in [0.1, 0.15) is 5.60 Å². The van der Waals surface area contributed by atoms with Crippen molar-refractivity contribution in [3.8, 4) is 0 Å². The van der Waals surface area contributed by atoms with Crippen LogP contribution in [-0.2, 0) is 20.7 Å². The maximum absolute atomic E-state index is 13.0. The number of hydrogen-bond donors (Lipinski definition) is 1. The molecule has 24 heavy (non-hydrogen) atoms. The summed E-state index contributed by atoms with van der Waals surface area (Å²) in [6, 6.07) is 8.43. The van der Waals surface area contributed by atoms with E-state index >= 15 is 0 Å². The molecule has 0 radical (unpaired) electrons. The Morgan fingerprint density at radius 1 is 1.12 bits per heavy atom. The SMILES string of the molecule is O=C1C[C@H](C(=O)N[C@H]2CCCc3ccccc32)C2(CCCCC2)O1. The van der Waals surface area contributed by atoms with E-state index in [4.69, 9.17) is 4.74 Å². The lowest BCUT2D eigenvalue weighted by Gasteiger charge is -2.37. The molecule has 128 valence electrons. The highest BCUT2D eigenvalue weighted by Gasteiger charge is 2.53. The Labute approximate surface area is 143 Å². The van der Waals surface area contributed by atoms with E-state index in [0.29, 0.717) is 0 Å². The van der Waals surface area contributed by atoms with Crippen LogP contribution in [0.5, 0.6) is 0 Å². The standard InChI is InChI=1S/C20H25NO3/c22-18-13-16(20(24-18)11-4-1-5-12-20)19(23)21-17-10-6-8-14-7-2-3-9-15(14)17/h2-3,7,9,16-17H,1,4-6,8,10-13H2,(H,21,23)/t16-,17+/m1/s1. The normalized spacial score (nSPS) is 28.2. The summed E-state index contributed by atoms with van der Waals surface area (Å²) in [5, 5.41) is 3.24. The van der Waals surface area contributed by atoms with Crippen LogP contribution >= 0.6 is 0 Å². The van der Waals surface area contributed by atoms with Crippen molar-refractivity contribution < 1.29 is 14.3 Å². The number of aryl methyl sites for hydroxylation is 1. The van der Waals surface area contributed by atoms with Crippen molar-refractivity contribution in [2.24, 2.45) is 5.92 Å². The summed E-state index contributed by atoms with van der Waals surface area (Å²) in [6.45, 7) is 0. The topological polar surface area (TPSA) is 55.4 Å². The fraction of sp³-hybridized carbons (Fsp3) is 0.600. The van der Waals surface area contributed by atoms with Crippen LogP contribution < -0.4 is 5.32 Å². The number of esters is 1. The van der Waals surface area contributed by atoms with Crippen LogP contribution in [0, 0.1) is 5.92 Å². The van der Waals surface area contributed by atoms with Gasteiger partial charge in [-0.3, -0.25) is 9.59 Å². The van der Waals surface area contributed by atoms with Gasteiger partial charge in [0.25, 0.3) is 0 Å². The molecule has 2 fully saturated rings. The highest BCUT2D eigenvalue weighted by atomic mass is 16.6. The maximum Gasteiger partial charge on any atom is 0.307 e. The first-order valence-electron chi connectivity index (χ1n) is 9.28. The van der Waals surface area contributed by atoms with E-state index in [2.05, 4.69) is 23.5 Å². The molecule has 1 N–H and O–H groups in total. The Morgan fingerprint density at radius 2 is 1.92 bits per heavy atom. The maximum atomic E-state index is 13.0. The number of carbonyl (C=O) groups is 2. The number of ether oxygens (including phenoxy) is 1. The second kappa shape index (κ2) is 6.23. The van der Waals surface area contributed by atoms with Gasteiger partial charge < -0.3 is 10.1 Å². The third kappa shape index (κ3) is 2.72. The number of nitrogens with one attached hydrogen (secondary N) is 1. The molecular formula is C20H25NO3. The minimum Gasteiger partial charge on any atom is -0.458 e. The fourth-order valence-corrected chi connectivity index (χ4v) is 4.80. The average Bonchev–Trinajstić information content (AvgIpc) is 2.91. The van der Waals surface area contributed by atoms with Gasteiger partial charge in [0.05, 0.1) is 18.4 Å². The first-order valence-corrected chi connectivity index (χ1v) is 9.28. The lowest BCUT2D eigenvalue weighted by atomic mass is 9.75. The van der Waals surface area contributed by atoms with Gasteiger partial charge in [0.2, 0.25) is 5.91 Å². The Hall–Kier alpha value is -1.84. The lowest BCUT2D eigenvalue weighted by Crippen LogP contribution is -2.46. The zero-order chi connectivity index (χ0) is 16.6. The van der Waals surface area contributed by atoms with Gasteiger partial charge in [0, 0.05) is 0 Å². The van der Waals surface area contributed by atoms with Gasteiger partial charge in [0.15, 0.2) is 0 Å². The van der Waals surface area contributed by atoms with Crippen molar-refractivity contribution in [3.05, 3.63) is 35.4 Å². The highest BCUT2D eigenvalue weighted by Crippen LogP contribution is 2.44. The van der Waals surface area contributed by atoms with Crippen LogP contribution in [0.25, 0.3) is 0 Å². The molecule has 2 atom stereocenters. The molecule has 1 heterocycles. The van der Waals surface area contributed by atoms with Gasteiger partial charge in [-0.2, -0.15) is 0 Å². The highest BCUT2D eigenvalue weighted by molar-refractivity contribution is 5.88. The number of amides is 1. The minimum atomic E-state index is -0.534. The molecule has 2 aliphatic carbocycles. The van der Waals surface area contributed by atoms with Crippen LogP contribution in [0.2, 0.25) is 0 Å². The number of carbonyl (C=O) groups excluding carboxylic acids is 2. The largest absolute Gasteiger partial charge is 0.458 e. The molecule has 1 aromatic carbocycles. The van der Waals surface area contributed by atoms with Crippen LogP contribution in [0.1, 0.15) is 68.5 Å². The minimum absolute atomic E-state index is 0.00412. The summed E-state index contributed by atoms with van der Waals surface area (Å²) < 4.78 is 5.68. The Bertz CT molecular complexity index is 648. The van der Waals surface area contributed by atoms with E-state index in [-0.39, 0.29) is 30.3 Å². The van der Waals surface area contributed by atoms with Crippen LogP contribution in [-0.4, -0.2) is 17.5 Å². The number of benzene rings is 1. The molecule has 1 saturated carbocycles. The van der Waals surface area contributed by atoms with Crippen LogP contribution in [0.4, 0.5) is 0 Å². The van der Waals surface area contributed by atoms with E-state index in [1.165, 1.54) is 17.5 Å². The Morgan fingerprint density at radius 3 is 2.75 bits per heavy atom. The number of rotatable bonds is 2. The third-order valence-electron chi connectivity index (χ3n) is 6.03. The first-order chi connectivity index (χ1) is 11.7. The van der Waals surface area contributed by atoms with Gasteiger partial charge in [-0.25, -0.2) is 0 Å². The van der Waals surface area contributed by atoms with Crippen molar-refractivity contribution in [1.29, 1.82) is 0 Å². The second-order valence-electron chi connectivity index (χ2n) is 7.51. The quantitative estimate of drug-likeness (QED) is 0.847. The predicted octanol–water partition coefficient (Wildman–Crippen LogP) is 3.45. The summed E-state index contributed by atoms with van der Waals surface area (Å²) >= 11 is 0. The molecule has 1 spiro atoms. The van der Waals surface area contributed by atoms with Crippen molar-refractivity contribution in [1.82, 2.24) is 5.32 Å². The van der Waals surface area contributed by atoms with E-state index in [0.717, 1.165) is 44.9 Å². The molecule has 1 saturated heterocycles. The molecule has 4 rings (SSSR count). The fourth-order valence-electron chi connectivity index (χ4n) is 4.80. The summed E-state index contributed by atoms with van der Waals surface area (Å²) in [4.78, 5) is 24.9. The molecule has 4 heteroatoms. The van der Waals surface area contributed by atoms with Crippen molar-refractivity contribution in [2.75, 3.05) is 0 Å². The molecule has 1 aromatic rings. The summed E-state index contributed by atoms with van der Waals surface area (Å²) in [5.41, 5.74) is 2.04. The van der Waals surface area contributed by atoms with E-state index in [9.17, 15) is 9.59 Å². The molecule has 1 amide bonds. The summed E-state index contributed by atoms with van der Waals surface area (Å²) in [7, 11) is 0. The van der Waals surface area contributed by atoms with Crippen LogP contribution in [0.15, 0.2) is 24.3 Å². The summed E-state index contributed by atoms with van der Waals surface area (Å²) in [5.74, 6) is -0.523. The molecule has 1 aliphatic heterocycles. The first kappa shape index (κ1) is 15.7. The van der Waals surface area contributed by atoms with Crippen LogP contribution in [0.3, 0.4) is 0 Å². The monoisotopic (exact) mass is 327 g/mol. The van der Waals surface area contributed by atoms with Crippen molar-refractivity contribution in [3.63, 3.8) is 0 Å².